The maximum atomic E-state index is 6.04. The van der Waals surface area contributed by atoms with Crippen LogP contribution in [0.5, 0.6) is 0 Å². The lowest BCUT2D eigenvalue weighted by Gasteiger charge is -2.20. The normalized spacial score (nSPS) is 12.9. The fourth-order valence-electron chi connectivity index (χ4n) is 4.12. The second kappa shape index (κ2) is 10.1. The van der Waals surface area contributed by atoms with Crippen molar-refractivity contribution in [1.29, 1.82) is 0 Å². The number of hydrogen-bond donors (Lipinski definition) is 2. The molecule has 0 saturated heterocycles. The van der Waals surface area contributed by atoms with E-state index in [1.165, 1.54) is 11.9 Å². The van der Waals surface area contributed by atoms with Crippen LogP contribution in [0.1, 0.15) is 31.0 Å². The minimum atomic E-state index is 0.00854. The van der Waals surface area contributed by atoms with Crippen LogP contribution in [-0.4, -0.2) is 42.6 Å². The van der Waals surface area contributed by atoms with Gasteiger partial charge in [0.15, 0.2) is 5.65 Å². The Bertz CT molecular complexity index is 1460. The smallest absolute Gasteiger partial charge is 0.234 e. The van der Waals surface area contributed by atoms with E-state index < -0.39 is 0 Å². The minimum Gasteiger partial charge on any atom is -0.351 e. The fourth-order valence-corrected chi connectivity index (χ4v) is 4.12. The maximum Gasteiger partial charge on any atom is 0.234 e. The van der Waals surface area contributed by atoms with E-state index in [1.54, 1.807) is 10.7 Å². The highest BCUT2D eigenvalue weighted by molar-refractivity contribution is 5.67. The van der Waals surface area contributed by atoms with Gasteiger partial charge in [-0.05, 0) is 37.5 Å². The van der Waals surface area contributed by atoms with E-state index in [1.807, 2.05) is 67.4 Å². The van der Waals surface area contributed by atoms with Crippen LogP contribution in [0.15, 0.2) is 79.3 Å². The second-order valence-corrected chi connectivity index (χ2v) is 8.92. The molecule has 2 atom stereocenters. The number of aromatic nitrogens is 6. The monoisotopic (exact) mass is 479 g/mol. The van der Waals surface area contributed by atoms with Gasteiger partial charge in [-0.15, -0.1) is 0 Å². The molecule has 3 aromatic heterocycles. The van der Waals surface area contributed by atoms with Gasteiger partial charge < -0.3 is 11.1 Å². The van der Waals surface area contributed by atoms with E-state index in [9.17, 15) is 0 Å². The van der Waals surface area contributed by atoms with Crippen LogP contribution in [0, 0.1) is 0 Å². The molecule has 3 N–H and O–H groups in total. The van der Waals surface area contributed by atoms with E-state index in [-0.39, 0.29) is 12.1 Å². The van der Waals surface area contributed by atoms with Crippen LogP contribution in [0.4, 0.5) is 17.7 Å². The van der Waals surface area contributed by atoms with Gasteiger partial charge >= 0.3 is 0 Å². The fraction of sp³-hybridized carbons (Fsp3) is 0.222. The molecule has 0 radical (unpaired) electrons. The largest absolute Gasteiger partial charge is 0.351 e. The molecule has 0 amide bonds. The number of benzene rings is 2. The Hall–Kier alpha value is -4.37. The molecule has 0 bridgehead atoms. The Morgan fingerprint density at radius 1 is 0.972 bits per heavy atom. The highest BCUT2D eigenvalue weighted by atomic mass is 15.4. The van der Waals surface area contributed by atoms with Crippen molar-refractivity contribution in [3.63, 3.8) is 0 Å². The van der Waals surface area contributed by atoms with Crippen molar-refractivity contribution >= 4 is 23.4 Å². The van der Waals surface area contributed by atoms with E-state index >= 15 is 0 Å². The van der Waals surface area contributed by atoms with Crippen LogP contribution in [-0.2, 0) is 6.42 Å². The summed E-state index contributed by atoms with van der Waals surface area (Å²) < 4.78 is 1.70. The summed E-state index contributed by atoms with van der Waals surface area (Å²) in [4.78, 5) is 20.3. The summed E-state index contributed by atoms with van der Waals surface area (Å²) in [6.45, 7) is 4.11. The summed E-state index contributed by atoms with van der Waals surface area (Å²) in [6.07, 6.45) is 4.09. The van der Waals surface area contributed by atoms with Gasteiger partial charge in [0, 0.05) is 37.0 Å². The topological polar surface area (TPSA) is 110 Å². The zero-order valence-electron chi connectivity index (χ0n) is 20.6. The number of nitrogens with one attached hydrogen (secondary N) is 1. The van der Waals surface area contributed by atoms with Gasteiger partial charge in [0.05, 0.1) is 5.69 Å². The molecular weight excluding hydrogens is 450 g/mol. The molecule has 182 valence electrons. The van der Waals surface area contributed by atoms with Crippen molar-refractivity contribution in [3.8, 4) is 11.3 Å². The number of fused-ring (bicyclic) bond motifs is 1. The van der Waals surface area contributed by atoms with Crippen molar-refractivity contribution in [1.82, 2.24) is 29.5 Å². The van der Waals surface area contributed by atoms with Crippen molar-refractivity contribution in [3.05, 3.63) is 90.4 Å². The number of nitrogens with two attached hydrogens (primary N) is 1. The third-order valence-electron chi connectivity index (χ3n) is 6.00. The molecule has 9 nitrogen and oxygen atoms in total. The van der Waals surface area contributed by atoms with Crippen molar-refractivity contribution in [2.45, 2.75) is 32.4 Å². The van der Waals surface area contributed by atoms with E-state index in [0.717, 1.165) is 23.2 Å². The lowest BCUT2D eigenvalue weighted by molar-refractivity contribution is 0.767. The van der Waals surface area contributed by atoms with Gasteiger partial charge in [-0.3, -0.25) is 4.90 Å². The molecule has 9 heteroatoms. The highest BCUT2D eigenvalue weighted by Gasteiger charge is 2.16. The first-order chi connectivity index (χ1) is 17.5. The Morgan fingerprint density at radius 3 is 2.61 bits per heavy atom. The summed E-state index contributed by atoms with van der Waals surface area (Å²) >= 11 is 0. The Morgan fingerprint density at radius 2 is 1.81 bits per heavy atom. The number of anilines is 3. The van der Waals surface area contributed by atoms with E-state index in [2.05, 4.69) is 45.5 Å². The third-order valence-corrected chi connectivity index (χ3v) is 6.00. The third kappa shape index (κ3) is 5.01. The van der Waals surface area contributed by atoms with Crippen LogP contribution in [0.25, 0.3) is 16.9 Å². The van der Waals surface area contributed by atoms with Crippen molar-refractivity contribution in [2.75, 3.05) is 17.3 Å². The molecule has 36 heavy (non-hydrogen) atoms. The molecule has 2 aromatic carbocycles. The van der Waals surface area contributed by atoms with Crippen molar-refractivity contribution < 1.29 is 0 Å². The zero-order chi connectivity index (χ0) is 25.1. The summed E-state index contributed by atoms with van der Waals surface area (Å²) in [5.74, 6) is 1.84. The first-order valence-corrected chi connectivity index (χ1v) is 11.9. The minimum absolute atomic E-state index is 0.00854. The van der Waals surface area contributed by atoms with Gasteiger partial charge in [0.2, 0.25) is 11.9 Å². The molecule has 5 aromatic rings. The molecule has 0 saturated carbocycles. The Balaban J connectivity index is 1.39. The first-order valence-electron chi connectivity index (χ1n) is 11.9. The lowest BCUT2D eigenvalue weighted by Crippen LogP contribution is -2.22. The van der Waals surface area contributed by atoms with Crippen LogP contribution in [0.3, 0.4) is 0 Å². The average molecular weight is 480 g/mol. The molecule has 0 aliphatic rings. The standard InChI is InChI=1S/C27H29N9/c1-18(14-20-8-7-11-22(15-20)19(2)28)32-26-29-13-12-24(34-26)35(3)27-33-23(21-9-5-4-6-10-21)16-25-30-17-31-36(25)27/h4-13,15-19H,14,28H2,1-3H3,(H,29,32,34)/t18-,19+/m0/s1. The summed E-state index contributed by atoms with van der Waals surface area (Å²) in [5.41, 5.74) is 10.9. The molecule has 0 spiro atoms. The predicted octanol–water partition coefficient (Wildman–Crippen LogP) is 4.41. The predicted molar refractivity (Wildman–Crippen MR) is 142 cm³/mol. The molecule has 0 unspecified atom stereocenters. The summed E-state index contributed by atoms with van der Waals surface area (Å²) in [5, 5.41) is 7.79. The van der Waals surface area contributed by atoms with E-state index in [4.69, 9.17) is 15.7 Å². The van der Waals surface area contributed by atoms with Gasteiger partial charge in [0.25, 0.3) is 0 Å². The summed E-state index contributed by atoms with van der Waals surface area (Å²) in [7, 11) is 1.91. The van der Waals surface area contributed by atoms with Gasteiger partial charge in [-0.2, -0.15) is 14.6 Å². The van der Waals surface area contributed by atoms with Gasteiger partial charge in [0.1, 0.15) is 12.1 Å². The van der Waals surface area contributed by atoms with Crippen LogP contribution in [0.2, 0.25) is 0 Å². The van der Waals surface area contributed by atoms with Crippen molar-refractivity contribution in [2.24, 2.45) is 5.73 Å². The molecule has 3 heterocycles. The Labute approximate surface area is 210 Å². The number of hydrogen-bond acceptors (Lipinski definition) is 8. The quantitative estimate of drug-likeness (QED) is 0.337. The molecule has 0 aliphatic carbocycles. The summed E-state index contributed by atoms with van der Waals surface area (Å²) in [6, 6.07) is 22.3. The second-order valence-electron chi connectivity index (χ2n) is 8.92. The Kier molecular flexibility index (Phi) is 6.55. The molecule has 5 rings (SSSR count). The average Bonchev–Trinajstić information content (AvgIpc) is 3.37. The van der Waals surface area contributed by atoms with Gasteiger partial charge in [-0.25, -0.2) is 15.0 Å². The first kappa shape index (κ1) is 23.4. The van der Waals surface area contributed by atoms with Crippen LogP contribution >= 0.6 is 0 Å². The highest BCUT2D eigenvalue weighted by Crippen LogP contribution is 2.26. The number of rotatable bonds is 8. The zero-order valence-corrected chi connectivity index (χ0v) is 20.6. The van der Waals surface area contributed by atoms with E-state index in [0.29, 0.717) is 23.4 Å². The molecular formula is C27H29N9. The maximum absolute atomic E-state index is 6.04. The van der Waals surface area contributed by atoms with Gasteiger partial charge in [-0.1, -0.05) is 54.6 Å². The number of nitrogens with zero attached hydrogens (tertiary/aromatic N) is 7. The molecule has 0 aliphatic heterocycles. The van der Waals surface area contributed by atoms with Crippen LogP contribution < -0.4 is 16.0 Å². The molecule has 0 fully saturated rings. The lowest BCUT2D eigenvalue weighted by atomic mass is 10.0. The SMILES string of the molecule is C[C@@H](Cc1cccc([C@@H](C)N)c1)Nc1nccc(N(C)c2nc(-c3ccccc3)cc3ncnn23)n1.